The first-order valence-corrected chi connectivity index (χ1v) is 5.48. The van der Waals surface area contributed by atoms with Crippen molar-refractivity contribution >= 4 is 23.4 Å². The van der Waals surface area contributed by atoms with E-state index in [1.165, 1.54) is 0 Å². The Balaban J connectivity index is 2.63. The number of rotatable bonds is 6. The zero-order valence-electron chi connectivity index (χ0n) is 10.6. The molecule has 0 radical (unpaired) electrons. The molecule has 0 saturated heterocycles. The second-order valence-corrected chi connectivity index (χ2v) is 4.59. The lowest BCUT2D eigenvalue weighted by molar-refractivity contribution is -0.384. The Bertz CT molecular complexity index is 503. The minimum atomic E-state index is -0.904. The van der Waals surface area contributed by atoms with Crippen molar-refractivity contribution in [3.8, 4) is 0 Å². The number of aromatic nitrogens is 2. The van der Waals surface area contributed by atoms with Gasteiger partial charge < -0.3 is 16.2 Å². The summed E-state index contributed by atoms with van der Waals surface area (Å²) in [6.45, 7) is 3.51. The Hall–Kier alpha value is -2.45. The highest BCUT2D eigenvalue weighted by Gasteiger charge is 2.26. The van der Waals surface area contributed by atoms with E-state index in [9.17, 15) is 14.9 Å². The summed E-state index contributed by atoms with van der Waals surface area (Å²) in [5, 5.41) is 22.2. The van der Waals surface area contributed by atoms with Crippen LogP contribution in [0.5, 0.6) is 0 Å². The third kappa shape index (κ3) is 3.76. The molecule has 19 heavy (non-hydrogen) atoms. The Morgan fingerprint density at radius 3 is 2.74 bits per heavy atom. The topological polar surface area (TPSA) is 144 Å². The number of nitrogens with two attached hydrogens (primary N) is 1. The molecule has 0 bridgehead atoms. The number of carboxylic acids is 1. The normalized spacial score (nSPS) is 11.1. The fraction of sp³-hybridized carbons (Fsp3) is 0.500. The molecule has 9 nitrogen and oxygen atoms in total. The number of nitrogens with one attached hydrogen (secondary N) is 1. The highest BCUT2D eigenvalue weighted by atomic mass is 16.6. The van der Waals surface area contributed by atoms with Gasteiger partial charge in [0.25, 0.3) is 0 Å². The molecular weight excluding hydrogens is 254 g/mol. The van der Waals surface area contributed by atoms with Crippen LogP contribution in [-0.2, 0) is 4.79 Å². The molecule has 0 aliphatic carbocycles. The maximum Gasteiger partial charge on any atom is 0.329 e. The number of nitrogens with zero attached hydrogens (tertiary/aromatic N) is 3. The number of nitrogen functional groups attached to an aromatic ring is 1. The molecule has 4 N–H and O–H groups in total. The second kappa shape index (κ2) is 5.46. The summed E-state index contributed by atoms with van der Waals surface area (Å²) in [4.78, 5) is 28.2. The van der Waals surface area contributed by atoms with Crippen LogP contribution >= 0.6 is 0 Å². The Kier molecular flexibility index (Phi) is 4.20. The summed E-state index contributed by atoms with van der Waals surface area (Å²) in [5.74, 6) is -1.01. The maximum absolute atomic E-state index is 10.9. The van der Waals surface area contributed by atoms with Gasteiger partial charge in [0.2, 0.25) is 11.8 Å². The van der Waals surface area contributed by atoms with Gasteiger partial charge in [-0.1, -0.05) is 0 Å². The minimum Gasteiger partial charge on any atom is -0.481 e. The van der Waals surface area contributed by atoms with Gasteiger partial charge in [-0.15, -0.1) is 0 Å². The van der Waals surface area contributed by atoms with Gasteiger partial charge in [0.05, 0.1) is 10.3 Å². The number of carboxylic acid groups (broad SMARTS) is 1. The van der Waals surface area contributed by atoms with E-state index in [1.807, 2.05) is 0 Å². The van der Waals surface area contributed by atoms with Crippen LogP contribution in [0.4, 0.5) is 17.5 Å². The van der Waals surface area contributed by atoms with Crippen LogP contribution in [0.1, 0.15) is 20.3 Å². The summed E-state index contributed by atoms with van der Waals surface area (Å²) in [6, 6.07) is 0. The molecular formula is C10H15N5O4. The fourth-order valence-electron chi connectivity index (χ4n) is 1.21. The predicted octanol–water partition coefficient (Wildman–Crippen LogP) is 0.880. The van der Waals surface area contributed by atoms with Gasteiger partial charge in [-0.25, -0.2) is 4.98 Å². The van der Waals surface area contributed by atoms with E-state index in [0.717, 1.165) is 6.20 Å². The van der Waals surface area contributed by atoms with Gasteiger partial charge in [0.15, 0.2) is 0 Å². The molecule has 0 aliphatic rings. The van der Waals surface area contributed by atoms with Gasteiger partial charge in [0.1, 0.15) is 6.20 Å². The lowest BCUT2D eigenvalue weighted by atomic mass is 9.90. The summed E-state index contributed by atoms with van der Waals surface area (Å²) in [6.07, 6.45) is 1.36. The standard InChI is InChI=1S/C10H15N5O4/c1-10(2,8(16)17)3-4-12-9-13-5-6(15(18)19)7(11)14-9/h5H,3-4H2,1-2H3,(H,16,17)(H3,11,12,13,14). The molecule has 9 heteroatoms. The SMILES string of the molecule is CC(C)(CCNc1ncc([N+](=O)[O-])c(N)n1)C(=O)O. The van der Waals surface area contributed by atoms with Crippen LogP contribution in [0.2, 0.25) is 0 Å². The van der Waals surface area contributed by atoms with Crippen molar-refractivity contribution in [2.75, 3.05) is 17.6 Å². The molecule has 0 fully saturated rings. The van der Waals surface area contributed by atoms with Crippen LogP contribution in [0.25, 0.3) is 0 Å². The second-order valence-electron chi connectivity index (χ2n) is 4.59. The largest absolute Gasteiger partial charge is 0.481 e. The van der Waals surface area contributed by atoms with Crippen LogP contribution in [-0.4, -0.2) is 32.5 Å². The van der Waals surface area contributed by atoms with Crippen LogP contribution < -0.4 is 11.1 Å². The number of nitro groups is 1. The first kappa shape index (κ1) is 14.6. The highest BCUT2D eigenvalue weighted by molar-refractivity contribution is 5.73. The van der Waals surface area contributed by atoms with Crippen molar-refractivity contribution in [2.24, 2.45) is 5.41 Å². The first-order valence-electron chi connectivity index (χ1n) is 5.48. The molecule has 104 valence electrons. The summed E-state index contributed by atoms with van der Waals surface area (Å²) >= 11 is 0. The van der Waals surface area contributed by atoms with Crippen LogP contribution in [0.15, 0.2) is 6.20 Å². The highest BCUT2D eigenvalue weighted by Crippen LogP contribution is 2.21. The lowest BCUT2D eigenvalue weighted by Gasteiger charge is -2.18. The third-order valence-electron chi connectivity index (χ3n) is 2.61. The molecule has 0 unspecified atom stereocenters. The summed E-state index contributed by atoms with van der Waals surface area (Å²) < 4.78 is 0. The first-order chi connectivity index (χ1) is 8.74. The number of hydrogen-bond donors (Lipinski definition) is 3. The monoisotopic (exact) mass is 269 g/mol. The van der Waals surface area contributed by atoms with Gasteiger partial charge in [-0.05, 0) is 20.3 Å². The van der Waals surface area contributed by atoms with E-state index in [-0.39, 0.29) is 17.5 Å². The zero-order chi connectivity index (χ0) is 14.6. The van der Waals surface area contributed by atoms with E-state index < -0.39 is 16.3 Å². The van der Waals surface area contributed by atoms with Crippen molar-refractivity contribution in [1.29, 1.82) is 0 Å². The average molecular weight is 269 g/mol. The molecule has 1 heterocycles. The third-order valence-corrected chi connectivity index (χ3v) is 2.61. The van der Waals surface area contributed by atoms with Crippen molar-refractivity contribution in [1.82, 2.24) is 9.97 Å². The van der Waals surface area contributed by atoms with Gasteiger partial charge >= 0.3 is 11.7 Å². The summed E-state index contributed by atoms with van der Waals surface area (Å²) in [5.41, 5.74) is 4.16. The van der Waals surface area contributed by atoms with Gasteiger partial charge in [0, 0.05) is 6.54 Å². The zero-order valence-corrected chi connectivity index (χ0v) is 10.6. The Morgan fingerprint density at radius 1 is 1.63 bits per heavy atom. The maximum atomic E-state index is 10.9. The van der Waals surface area contributed by atoms with Gasteiger partial charge in [-0.2, -0.15) is 4.98 Å². The van der Waals surface area contributed by atoms with Gasteiger partial charge in [-0.3, -0.25) is 14.9 Å². The van der Waals surface area contributed by atoms with E-state index in [2.05, 4.69) is 15.3 Å². The fourth-order valence-corrected chi connectivity index (χ4v) is 1.21. The molecule has 0 atom stereocenters. The Labute approximate surface area is 109 Å². The molecule has 0 aromatic carbocycles. The lowest BCUT2D eigenvalue weighted by Crippen LogP contribution is -2.26. The summed E-state index contributed by atoms with van der Waals surface area (Å²) in [7, 11) is 0. The van der Waals surface area contributed by atoms with Crippen molar-refractivity contribution < 1.29 is 14.8 Å². The predicted molar refractivity (Wildman–Crippen MR) is 67.6 cm³/mol. The molecule has 1 rings (SSSR count). The molecule has 0 amide bonds. The molecule has 0 spiro atoms. The molecule has 1 aromatic rings. The van der Waals surface area contributed by atoms with Crippen LogP contribution in [0.3, 0.4) is 0 Å². The number of carbonyl (C=O) groups is 1. The number of aliphatic carboxylic acids is 1. The quantitative estimate of drug-likeness (QED) is 0.509. The minimum absolute atomic E-state index is 0.129. The van der Waals surface area contributed by atoms with E-state index in [4.69, 9.17) is 10.8 Å². The van der Waals surface area contributed by atoms with E-state index >= 15 is 0 Å². The van der Waals surface area contributed by atoms with E-state index in [1.54, 1.807) is 13.8 Å². The average Bonchev–Trinajstić information content (AvgIpc) is 2.28. The van der Waals surface area contributed by atoms with E-state index in [0.29, 0.717) is 13.0 Å². The molecule has 0 saturated carbocycles. The smallest absolute Gasteiger partial charge is 0.329 e. The van der Waals surface area contributed by atoms with Crippen LogP contribution in [0, 0.1) is 15.5 Å². The Morgan fingerprint density at radius 2 is 2.26 bits per heavy atom. The molecule has 0 aliphatic heterocycles. The molecule has 1 aromatic heterocycles. The van der Waals surface area contributed by atoms with Crippen molar-refractivity contribution in [2.45, 2.75) is 20.3 Å². The number of anilines is 2. The van der Waals surface area contributed by atoms with Crippen molar-refractivity contribution in [3.05, 3.63) is 16.3 Å². The number of hydrogen-bond acceptors (Lipinski definition) is 7. The van der Waals surface area contributed by atoms with Crippen molar-refractivity contribution in [3.63, 3.8) is 0 Å².